The van der Waals surface area contributed by atoms with Crippen molar-refractivity contribution < 1.29 is 19.5 Å². The van der Waals surface area contributed by atoms with E-state index in [0.717, 1.165) is 4.90 Å². The Morgan fingerprint density at radius 3 is 2.56 bits per heavy atom. The van der Waals surface area contributed by atoms with Gasteiger partial charge in [0.05, 0.1) is 5.41 Å². The molecular weight excluding hydrogens is 238 g/mol. The molecule has 1 saturated heterocycles. The van der Waals surface area contributed by atoms with Crippen LogP contribution in [0.4, 0.5) is 4.79 Å². The number of amides is 3. The Kier molecular flexibility index (Phi) is 4.15. The Hall–Kier alpha value is -1.79. The van der Waals surface area contributed by atoms with Crippen LogP contribution in [0, 0.1) is 5.41 Å². The second-order valence-corrected chi connectivity index (χ2v) is 4.84. The van der Waals surface area contributed by atoms with E-state index in [-0.39, 0.29) is 18.5 Å². The van der Waals surface area contributed by atoms with Crippen molar-refractivity contribution >= 4 is 17.9 Å². The Labute approximate surface area is 106 Å². The average Bonchev–Trinajstić information content (AvgIpc) is 2.70. The lowest BCUT2D eigenvalue weighted by Crippen LogP contribution is -2.45. The first-order chi connectivity index (χ1) is 8.30. The number of carbonyl (C=O) groups excluding carboxylic acids is 2. The molecule has 2 N–H and O–H groups in total. The molecule has 1 rings (SSSR count). The molecule has 1 aliphatic heterocycles. The zero-order valence-electron chi connectivity index (χ0n) is 10.9. The van der Waals surface area contributed by atoms with Gasteiger partial charge in [-0.2, -0.15) is 0 Å². The first kappa shape index (κ1) is 14.3. The smallest absolute Gasteiger partial charge is 0.323 e. The summed E-state index contributed by atoms with van der Waals surface area (Å²) < 4.78 is 0. The van der Waals surface area contributed by atoms with E-state index in [2.05, 4.69) is 5.32 Å². The number of carboxylic acids is 1. The van der Waals surface area contributed by atoms with Gasteiger partial charge < -0.3 is 20.2 Å². The molecule has 7 heteroatoms. The minimum absolute atomic E-state index is 0.0984. The molecule has 0 aromatic rings. The van der Waals surface area contributed by atoms with Crippen molar-refractivity contribution in [2.75, 3.05) is 33.7 Å². The summed E-state index contributed by atoms with van der Waals surface area (Å²) in [5, 5.41) is 11.2. The van der Waals surface area contributed by atoms with E-state index >= 15 is 0 Å². The second-order valence-electron chi connectivity index (χ2n) is 4.84. The monoisotopic (exact) mass is 257 g/mol. The van der Waals surface area contributed by atoms with Crippen molar-refractivity contribution in [3.63, 3.8) is 0 Å². The van der Waals surface area contributed by atoms with Crippen LogP contribution < -0.4 is 5.32 Å². The number of aliphatic carboxylic acids is 1. The largest absolute Gasteiger partial charge is 0.480 e. The molecule has 0 radical (unpaired) electrons. The molecule has 1 atom stereocenters. The maximum atomic E-state index is 11.9. The highest BCUT2D eigenvalue weighted by Crippen LogP contribution is 2.30. The molecule has 0 bridgehead atoms. The van der Waals surface area contributed by atoms with Crippen LogP contribution in [0.5, 0.6) is 0 Å². The highest BCUT2D eigenvalue weighted by atomic mass is 16.4. The van der Waals surface area contributed by atoms with Crippen LogP contribution in [0.1, 0.15) is 13.3 Å². The van der Waals surface area contributed by atoms with Gasteiger partial charge in [0.1, 0.15) is 6.54 Å². The maximum absolute atomic E-state index is 11.9. The van der Waals surface area contributed by atoms with Crippen LogP contribution in [0.15, 0.2) is 0 Å². The van der Waals surface area contributed by atoms with Gasteiger partial charge in [-0.25, -0.2) is 4.79 Å². The van der Waals surface area contributed by atoms with Gasteiger partial charge in [0, 0.05) is 27.2 Å². The van der Waals surface area contributed by atoms with Crippen LogP contribution in [0.3, 0.4) is 0 Å². The molecule has 0 spiro atoms. The fourth-order valence-electron chi connectivity index (χ4n) is 2.12. The Morgan fingerprint density at radius 1 is 1.44 bits per heavy atom. The van der Waals surface area contributed by atoms with E-state index in [1.54, 1.807) is 14.0 Å². The third kappa shape index (κ3) is 2.91. The van der Waals surface area contributed by atoms with Crippen LogP contribution in [-0.2, 0) is 9.59 Å². The van der Waals surface area contributed by atoms with Gasteiger partial charge in [-0.05, 0) is 13.3 Å². The standard InChI is InChI=1S/C11H19N3O4/c1-11(9(17)12-2)4-5-14(7-11)10(18)13(3)6-8(15)16/h4-7H2,1-3H3,(H,12,17)(H,15,16). The van der Waals surface area contributed by atoms with E-state index < -0.39 is 11.4 Å². The van der Waals surface area contributed by atoms with Crippen molar-refractivity contribution in [2.24, 2.45) is 5.41 Å². The highest BCUT2D eigenvalue weighted by Gasteiger charge is 2.42. The minimum atomic E-state index is -1.06. The van der Waals surface area contributed by atoms with E-state index in [1.807, 2.05) is 0 Å². The van der Waals surface area contributed by atoms with Crippen molar-refractivity contribution in [3.8, 4) is 0 Å². The number of carbonyl (C=O) groups is 3. The minimum Gasteiger partial charge on any atom is -0.480 e. The van der Waals surface area contributed by atoms with Crippen LogP contribution in [-0.4, -0.2) is 66.5 Å². The zero-order chi connectivity index (χ0) is 13.9. The molecule has 0 aliphatic carbocycles. The van der Waals surface area contributed by atoms with Crippen molar-refractivity contribution in [3.05, 3.63) is 0 Å². The number of carboxylic acid groups (broad SMARTS) is 1. The lowest BCUT2D eigenvalue weighted by atomic mass is 9.89. The fourth-order valence-corrected chi connectivity index (χ4v) is 2.12. The Bertz CT molecular complexity index is 371. The molecule has 1 unspecified atom stereocenters. The number of hydrogen-bond acceptors (Lipinski definition) is 3. The Morgan fingerprint density at radius 2 is 2.06 bits per heavy atom. The molecule has 0 aromatic heterocycles. The fraction of sp³-hybridized carbons (Fsp3) is 0.727. The molecule has 1 fully saturated rings. The quantitative estimate of drug-likeness (QED) is 0.718. The van der Waals surface area contributed by atoms with Gasteiger partial charge in [-0.1, -0.05) is 0 Å². The van der Waals surface area contributed by atoms with Crippen LogP contribution in [0.25, 0.3) is 0 Å². The van der Waals surface area contributed by atoms with Crippen molar-refractivity contribution in [2.45, 2.75) is 13.3 Å². The lowest BCUT2D eigenvalue weighted by molar-refractivity contribution is -0.137. The topological polar surface area (TPSA) is 90.0 Å². The van der Waals surface area contributed by atoms with Crippen molar-refractivity contribution in [1.29, 1.82) is 0 Å². The van der Waals surface area contributed by atoms with Gasteiger partial charge >= 0.3 is 12.0 Å². The second kappa shape index (κ2) is 5.24. The number of nitrogens with one attached hydrogen (secondary N) is 1. The normalized spacial score (nSPS) is 22.7. The molecule has 0 saturated carbocycles. The highest BCUT2D eigenvalue weighted by molar-refractivity contribution is 5.85. The Balaban J connectivity index is 2.64. The lowest BCUT2D eigenvalue weighted by Gasteiger charge is -2.25. The molecule has 1 aliphatic rings. The number of nitrogens with zero attached hydrogens (tertiary/aromatic N) is 2. The number of hydrogen-bond donors (Lipinski definition) is 2. The summed E-state index contributed by atoms with van der Waals surface area (Å²) in [7, 11) is 3.00. The summed E-state index contributed by atoms with van der Waals surface area (Å²) in [6, 6.07) is -0.356. The summed E-state index contributed by atoms with van der Waals surface area (Å²) in [6.07, 6.45) is 0.583. The molecule has 1 heterocycles. The summed E-state index contributed by atoms with van der Waals surface area (Å²) >= 11 is 0. The SMILES string of the molecule is CNC(=O)C1(C)CCN(C(=O)N(C)CC(=O)O)C1. The molecule has 7 nitrogen and oxygen atoms in total. The molecule has 3 amide bonds. The van der Waals surface area contributed by atoms with Crippen LogP contribution in [0.2, 0.25) is 0 Å². The zero-order valence-corrected chi connectivity index (χ0v) is 10.9. The molecular formula is C11H19N3O4. The van der Waals surface area contributed by atoms with E-state index in [0.29, 0.717) is 19.5 Å². The van der Waals surface area contributed by atoms with E-state index in [4.69, 9.17) is 5.11 Å². The van der Waals surface area contributed by atoms with E-state index in [1.165, 1.54) is 11.9 Å². The number of rotatable bonds is 3. The summed E-state index contributed by atoms with van der Waals surface area (Å²) in [5.74, 6) is -1.15. The van der Waals surface area contributed by atoms with Gasteiger partial charge in [-0.3, -0.25) is 9.59 Å². The maximum Gasteiger partial charge on any atom is 0.323 e. The molecule has 102 valence electrons. The third-order valence-corrected chi connectivity index (χ3v) is 3.22. The average molecular weight is 257 g/mol. The van der Waals surface area contributed by atoms with Gasteiger partial charge in [0.25, 0.3) is 0 Å². The van der Waals surface area contributed by atoms with Crippen molar-refractivity contribution in [1.82, 2.24) is 15.1 Å². The van der Waals surface area contributed by atoms with Gasteiger partial charge in [0.2, 0.25) is 5.91 Å². The summed E-state index contributed by atoms with van der Waals surface area (Å²) in [6.45, 7) is 2.24. The number of likely N-dealkylation sites (tertiary alicyclic amines) is 1. The van der Waals surface area contributed by atoms with Gasteiger partial charge in [-0.15, -0.1) is 0 Å². The first-order valence-corrected chi connectivity index (χ1v) is 5.74. The number of urea groups is 1. The predicted molar refractivity (Wildman–Crippen MR) is 64.0 cm³/mol. The van der Waals surface area contributed by atoms with E-state index in [9.17, 15) is 14.4 Å². The number of likely N-dealkylation sites (N-methyl/N-ethyl adjacent to an activating group) is 1. The first-order valence-electron chi connectivity index (χ1n) is 5.74. The predicted octanol–water partition coefficient (Wildman–Crippen LogP) is -0.419. The summed E-state index contributed by atoms with van der Waals surface area (Å²) in [5.41, 5.74) is -0.589. The van der Waals surface area contributed by atoms with Crippen LogP contribution >= 0.6 is 0 Å². The summed E-state index contributed by atoms with van der Waals surface area (Å²) in [4.78, 5) is 36.8. The van der Waals surface area contributed by atoms with Gasteiger partial charge in [0.15, 0.2) is 0 Å². The molecule has 18 heavy (non-hydrogen) atoms. The third-order valence-electron chi connectivity index (χ3n) is 3.22. The molecule has 0 aromatic carbocycles.